The van der Waals surface area contributed by atoms with Crippen LogP contribution in [0.4, 0.5) is 0 Å². The molecule has 2 aromatic rings. The summed E-state index contributed by atoms with van der Waals surface area (Å²) in [6.07, 6.45) is 0.904. The first-order chi connectivity index (χ1) is 9.28. The van der Waals surface area contributed by atoms with E-state index >= 15 is 0 Å². The maximum Gasteiger partial charge on any atom is 0.227 e. The standard InChI is InChI=1S/C12H15N5O2/c1-19-10-4-2-9(3-5-10)6-7-13-12(18)8-11-14-16-17-15-11/h2-5H,6-8H2,1H3,(H,13,18)(H,14,15,16,17). The Morgan fingerprint density at radius 2 is 2.16 bits per heavy atom. The zero-order valence-corrected chi connectivity index (χ0v) is 10.6. The Kier molecular flexibility index (Phi) is 4.44. The lowest BCUT2D eigenvalue weighted by atomic mass is 10.1. The van der Waals surface area contributed by atoms with Gasteiger partial charge in [-0.05, 0) is 24.1 Å². The second-order valence-corrected chi connectivity index (χ2v) is 3.95. The largest absolute Gasteiger partial charge is 0.497 e. The fourth-order valence-corrected chi connectivity index (χ4v) is 1.60. The number of nitrogens with zero attached hydrogens (tertiary/aromatic N) is 3. The van der Waals surface area contributed by atoms with Gasteiger partial charge in [0.25, 0.3) is 0 Å². The van der Waals surface area contributed by atoms with Gasteiger partial charge in [0.15, 0.2) is 5.82 Å². The number of hydrogen-bond donors (Lipinski definition) is 2. The van der Waals surface area contributed by atoms with Gasteiger partial charge in [-0.1, -0.05) is 17.3 Å². The number of nitrogens with one attached hydrogen (secondary N) is 2. The van der Waals surface area contributed by atoms with Crippen molar-refractivity contribution in [2.75, 3.05) is 13.7 Å². The van der Waals surface area contributed by atoms with Gasteiger partial charge < -0.3 is 10.1 Å². The van der Waals surface area contributed by atoms with Crippen LogP contribution in [0.3, 0.4) is 0 Å². The number of aromatic amines is 1. The van der Waals surface area contributed by atoms with Crippen molar-refractivity contribution >= 4 is 5.91 Å². The molecule has 0 spiro atoms. The van der Waals surface area contributed by atoms with E-state index in [0.29, 0.717) is 12.4 Å². The zero-order valence-electron chi connectivity index (χ0n) is 10.6. The molecule has 1 aromatic carbocycles. The van der Waals surface area contributed by atoms with Crippen LogP contribution in [0.1, 0.15) is 11.4 Å². The lowest BCUT2D eigenvalue weighted by Crippen LogP contribution is -2.27. The highest BCUT2D eigenvalue weighted by Gasteiger charge is 2.06. The molecule has 1 aromatic heterocycles. The van der Waals surface area contributed by atoms with Gasteiger partial charge in [0.2, 0.25) is 5.91 Å². The van der Waals surface area contributed by atoms with E-state index in [-0.39, 0.29) is 12.3 Å². The summed E-state index contributed by atoms with van der Waals surface area (Å²) in [4.78, 5) is 11.5. The normalized spacial score (nSPS) is 10.2. The molecule has 0 aliphatic rings. The Hall–Kier alpha value is -2.44. The molecule has 0 aliphatic heterocycles. The molecule has 0 saturated carbocycles. The second-order valence-electron chi connectivity index (χ2n) is 3.95. The smallest absolute Gasteiger partial charge is 0.227 e. The highest BCUT2D eigenvalue weighted by atomic mass is 16.5. The number of rotatable bonds is 6. The summed E-state index contributed by atoms with van der Waals surface area (Å²) in [5.41, 5.74) is 1.14. The highest BCUT2D eigenvalue weighted by Crippen LogP contribution is 2.11. The van der Waals surface area contributed by atoms with E-state index < -0.39 is 0 Å². The molecule has 1 amide bonds. The molecule has 0 saturated heterocycles. The average Bonchev–Trinajstić information content (AvgIpc) is 2.92. The summed E-state index contributed by atoms with van der Waals surface area (Å²) >= 11 is 0. The van der Waals surface area contributed by atoms with Gasteiger partial charge in [-0.3, -0.25) is 4.79 Å². The van der Waals surface area contributed by atoms with Crippen LogP contribution in [0, 0.1) is 0 Å². The van der Waals surface area contributed by atoms with E-state index in [1.165, 1.54) is 0 Å². The fraction of sp³-hybridized carbons (Fsp3) is 0.333. The van der Waals surface area contributed by atoms with Gasteiger partial charge in [-0.2, -0.15) is 5.21 Å². The third kappa shape index (κ3) is 4.06. The van der Waals surface area contributed by atoms with E-state index in [2.05, 4.69) is 25.9 Å². The predicted octanol–water partition coefficient (Wildman–Crippen LogP) is 0.110. The molecule has 7 heteroatoms. The minimum absolute atomic E-state index is 0.116. The number of aromatic nitrogens is 4. The van der Waals surface area contributed by atoms with Crippen LogP contribution in [0.5, 0.6) is 5.75 Å². The molecule has 2 rings (SSSR count). The van der Waals surface area contributed by atoms with E-state index in [1.807, 2.05) is 24.3 Å². The first kappa shape index (κ1) is 13.0. The summed E-state index contributed by atoms with van der Waals surface area (Å²) in [5.74, 6) is 1.10. The quantitative estimate of drug-likeness (QED) is 0.770. The van der Waals surface area contributed by atoms with Crippen LogP contribution in [0.2, 0.25) is 0 Å². The number of methoxy groups -OCH3 is 1. The van der Waals surface area contributed by atoms with Gasteiger partial charge in [-0.25, -0.2) is 0 Å². The van der Waals surface area contributed by atoms with E-state index in [1.54, 1.807) is 7.11 Å². The van der Waals surface area contributed by atoms with Crippen molar-refractivity contribution in [3.05, 3.63) is 35.7 Å². The van der Waals surface area contributed by atoms with Gasteiger partial charge in [0, 0.05) is 6.54 Å². The van der Waals surface area contributed by atoms with Crippen molar-refractivity contribution < 1.29 is 9.53 Å². The van der Waals surface area contributed by atoms with Crippen LogP contribution in [-0.2, 0) is 17.6 Å². The molecule has 2 N–H and O–H groups in total. The molecular weight excluding hydrogens is 246 g/mol. The molecule has 0 aliphatic carbocycles. The number of carbonyl (C=O) groups is 1. The van der Waals surface area contributed by atoms with Crippen molar-refractivity contribution in [3.63, 3.8) is 0 Å². The first-order valence-electron chi connectivity index (χ1n) is 5.90. The Balaban J connectivity index is 1.72. The topological polar surface area (TPSA) is 92.8 Å². The number of H-pyrrole nitrogens is 1. The molecule has 100 valence electrons. The number of ether oxygens (including phenoxy) is 1. The molecule has 0 fully saturated rings. The summed E-state index contributed by atoms with van der Waals surface area (Å²) in [6, 6.07) is 7.75. The minimum atomic E-state index is -0.116. The Bertz CT molecular complexity index is 509. The average molecular weight is 261 g/mol. The van der Waals surface area contributed by atoms with Crippen molar-refractivity contribution in [1.29, 1.82) is 0 Å². The molecular formula is C12H15N5O2. The molecule has 0 bridgehead atoms. The van der Waals surface area contributed by atoms with E-state index in [0.717, 1.165) is 17.7 Å². The van der Waals surface area contributed by atoms with Crippen molar-refractivity contribution in [3.8, 4) is 5.75 Å². The van der Waals surface area contributed by atoms with Crippen LogP contribution in [0.15, 0.2) is 24.3 Å². The first-order valence-corrected chi connectivity index (χ1v) is 5.90. The van der Waals surface area contributed by atoms with Crippen molar-refractivity contribution in [1.82, 2.24) is 25.9 Å². The summed E-state index contributed by atoms with van der Waals surface area (Å²) in [7, 11) is 1.63. The number of tetrazole rings is 1. The van der Waals surface area contributed by atoms with Crippen LogP contribution >= 0.6 is 0 Å². The maximum absolute atomic E-state index is 11.5. The van der Waals surface area contributed by atoms with Gasteiger partial charge in [0.1, 0.15) is 5.75 Å². The van der Waals surface area contributed by atoms with Crippen LogP contribution in [-0.4, -0.2) is 40.2 Å². The van der Waals surface area contributed by atoms with Gasteiger partial charge in [0.05, 0.1) is 13.5 Å². The number of amides is 1. The third-order valence-electron chi connectivity index (χ3n) is 2.60. The Labute approximate surface area is 110 Å². The lowest BCUT2D eigenvalue weighted by Gasteiger charge is -2.05. The van der Waals surface area contributed by atoms with Gasteiger partial charge >= 0.3 is 0 Å². The monoisotopic (exact) mass is 261 g/mol. The molecule has 19 heavy (non-hydrogen) atoms. The van der Waals surface area contributed by atoms with E-state index in [4.69, 9.17) is 4.74 Å². The number of hydrogen-bond acceptors (Lipinski definition) is 5. The molecule has 0 atom stereocenters. The molecule has 0 unspecified atom stereocenters. The van der Waals surface area contributed by atoms with Crippen molar-refractivity contribution in [2.24, 2.45) is 0 Å². The highest BCUT2D eigenvalue weighted by molar-refractivity contribution is 5.77. The molecule has 1 heterocycles. The maximum atomic E-state index is 11.5. The second kappa shape index (κ2) is 6.48. The fourth-order valence-electron chi connectivity index (χ4n) is 1.60. The summed E-state index contributed by atoms with van der Waals surface area (Å²) in [6.45, 7) is 0.572. The zero-order chi connectivity index (χ0) is 13.5. The predicted molar refractivity (Wildman–Crippen MR) is 67.6 cm³/mol. The summed E-state index contributed by atoms with van der Waals surface area (Å²) < 4.78 is 5.08. The Morgan fingerprint density at radius 1 is 1.37 bits per heavy atom. The summed E-state index contributed by atoms with van der Waals surface area (Å²) in [5, 5.41) is 15.9. The SMILES string of the molecule is COc1ccc(CCNC(=O)Cc2nn[nH]n2)cc1. The third-order valence-corrected chi connectivity index (χ3v) is 2.60. The van der Waals surface area contributed by atoms with Crippen LogP contribution < -0.4 is 10.1 Å². The van der Waals surface area contributed by atoms with Gasteiger partial charge in [-0.15, -0.1) is 10.2 Å². The number of carbonyl (C=O) groups excluding carboxylic acids is 1. The van der Waals surface area contributed by atoms with Crippen molar-refractivity contribution in [2.45, 2.75) is 12.8 Å². The number of benzene rings is 1. The minimum Gasteiger partial charge on any atom is -0.497 e. The lowest BCUT2D eigenvalue weighted by molar-refractivity contribution is -0.120. The molecule has 0 radical (unpaired) electrons. The molecule has 7 nitrogen and oxygen atoms in total. The van der Waals surface area contributed by atoms with Crippen LogP contribution in [0.25, 0.3) is 0 Å². The Morgan fingerprint density at radius 3 is 2.79 bits per heavy atom. The van der Waals surface area contributed by atoms with E-state index in [9.17, 15) is 4.79 Å².